The van der Waals surface area contributed by atoms with Crippen molar-refractivity contribution >= 4 is 34.3 Å². The number of nitrogens with zero attached hydrogens (tertiary/aromatic N) is 2. The first-order valence-electron chi connectivity index (χ1n) is 9.37. The van der Waals surface area contributed by atoms with E-state index in [1.165, 1.54) is 28.0 Å². The van der Waals surface area contributed by atoms with Gasteiger partial charge in [-0.05, 0) is 45.6 Å². The maximum Gasteiger partial charge on any atom is 0.321 e. The molecular formula is C21H28N4OS2. The number of carbonyl (C=O) groups excluding carboxylic acids is 1. The van der Waals surface area contributed by atoms with Crippen LogP contribution < -0.4 is 10.6 Å². The Hall–Kier alpha value is -2.12. The Morgan fingerprint density at radius 1 is 1.14 bits per heavy atom. The molecule has 2 amide bonds. The van der Waals surface area contributed by atoms with Crippen LogP contribution in [0.15, 0.2) is 58.0 Å². The number of urea groups is 1. The smallest absolute Gasteiger partial charge is 0.321 e. The molecule has 0 spiro atoms. The van der Waals surface area contributed by atoms with Crippen LogP contribution in [0.3, 0.4) is 0 Å². The molecule has 5 nitrogen and oxygen atoms in total. The average molecular weight is 417 g/mol. The highest BCUT2D eigenvalue weighted by Crippen LogP contribution is 2.25. The molecule has 1 aromatic heterocycles. The number of anilines is 1. The van der Waals surface area contributed by atoms with Gasteiger partial charge in [0.05, 0.1) is 0 Å². The summed E-state index contributed by atoms with van der Waals surface area (Å²) in [5.41, 5.74) is 3.94. The molecule has 2 aromatic rings. The number of hydrogen-bond acceptors (Lipinski definition) is 5. The van der Waals surface area contributed by atoms with Crippen molar-refractivity contribution in [3.8, 4) is 0 Å². The van der Waals surface area contributed by atoms with Crippen molar-refractivity contribution < 1.29 is 4.79 Å². The van der Waals surface area contributed by atoms with Gasteiger partial charge in [-0.15, -0.1) is 10.2 Å². The molecule has 150 valence electrons. The number of hydrogen-bond donors (Lipinski definition) is 2. The van der Waals surface area contributed by atoms with Gasteiger partial charge < -0.3 is 5.32 Å². The summed E-state index contributed by atoms with van der Waals surface area (Å²) in [6, 6.07) is 9.82. The summed E-state index contributed by atoms with van der Waals surface area (Å²) in [6.07, 6.45) is 7.45. The number of benzene rings is 1. The predicted octanol–water partition coefficient (Wildman–Crippen LogP) is 5.69. The molecule has 0 saturated heterocycles. The minimum Gasteiger partial charge on any atom is -0.337 e. The van der Waals surface area contributed by atoms with Crippen LogP contribution in [-0.2, 0) is 6.42 Å². The van der Waals surface area contributed by atoms with Crippen molar-refractivity contribution in [1.29, 1.82) is 0 Å². The van der Waals surface area contributed by atoms with Crippen molar-refractivity contribution in [3.05, 3.63) is 59.2 Å². The zero-order chi connectivity index (χ0) is 20.2. The van der Waals surface area contributed by atoms with Crippen LogP contribution in [0.4, 0.5) is 9.93 Å². The van der Waals surface area contributed by atoms with Gasteiger partial charge >= 0.3 is 6.03 Å². The Kier molecular flexibility index (Phi) is 9.79. The third kappa shape index (κ3) is 9.19. The van der Waals surface area contributed by atoms with Gasteiger partial charge in [0.2, 0.25) is 5.13 Å². The molecule has 1 aromatic carbocycles. The monoisotopic (exact) mass is 416 g/mol. The summed E-state index contributed by atoms with van der Waals surface area (Å²) < 4.78 is 0.855. The molecule has 0 saturated carbocycles. The Morgan fingerprint density at radius 2 is 1.93 bits per heavy atom. The number of nitrogens with one attached hydrogen (secondary N) is 2. The lowest BCUT2D eigenvalue weighted by Crippen LogP contribution is -2.30. The van der Waals surface area contributed by atoms with Crippen molar-refractivity contribution in [2.45, 2.75) is 44.4 Å². The van der Waals surface area contributed by atoms with E-state index in [1.54, 1.807) is 11.8 Å². The van der Waals surface area contributed by atoms with Crippen molar-refractivity contribution in [1.82, 2.24) is 15.5 Å². The lowest BCUT2D eigenvalue weighted by atomic mass is 10.1. The van der Waals surface area contributed by atoms with Gasteiger partial charge in [0.25, 0.3) is 0 Å². The molecule has 0 unspecified atom stereocenters. The summed E-state index contributed by atoms with van der Waals surface area (Å²) in [4.78, 5) is 12.0. The zero-order valence-corrected chi connectivity index (χ0v) is 18.3. The first-order valence-corrected chi connectivity index (χ1v) is 11.2. The summed E-state index contributed by atoms with van der Waals surface area (Å²) >= 11 is 3.03. The number of carbonyl (C=O) groups is 1. The van der Waals surface area contributed by atoms with Gasteiger partial charge in [-0.3, -0.25) is 5.32 Å². The molecule has 0 bridgehead atoms. The fourth-order valence-electron chi connectivity index (χ4n) is 2.37. The molecule has 0 fully saturated rings. The fraction of sp³-hybridized carbons (Fsp3) is 0.381. The van der Waals surface area contributed by atoms with Crippen LogP contribution >= 0.6 is 23.1 Å². The van der Waals surface area contributed by atoms with Crippen LogP contribution in [0.25, 0.3) is 0 Å². The number of thioether (sulfide) groups is 1. The summed E-state index contributed by atoms with van der Waals surface area (Å²) in [5.74, 6) is 0.860. The molecule has 7 heteroatoms. The summed E-state index contributed by atoms with van der Waals surface area (Å²) in [5, 5.41) is 14.3. The second kappa shape index (κ2) is 12.4. The Balaban J connectivity index is 1.67. The fourth-order valence-corrected chi connectivity index (χ4v) is 4.13. The lowest BCUT2D eigenvalue weighted by Gasteiger charge is -2.04. The van der Waals surface area contributed by atoms with Crippen molar-refractivity contribution in [2.24, 2.45) is 0 Å². The number of allylic oxidation sites excluding steroid dienone is 3. The van der Waals surface area contributed by atoms with Crippen molar-refractivity contribution in [2.75, 3.05) is 17.6 Å². The second-order valence-corrected chi connectivity index (χ2v) is 8.92. The minimum atomic E-state index is -0.251. The van der Waals surface area contributed by atoms with E-state index in [9.17, 15) is 4.79 Å². The van der Waals surface area contributed by atoms with Crippen LogP contribution in [0.1, 0.15) is 39.2 Å². The van der Waals surface area contributed by atoms with E-state index in [0.29, 0.717) is 11.7 Å². The largest absolute Gasteiger partial charge is 0.337 e. The molecule has 0 aliphatic heterocycles. The molecular weight excluding hydrogens is 388 g/mol. The Morgan fingerprint density at radius 3 is 2.68 bits per heavy atom. The van der Waals surface area contributed by atoms with E-state index in [2.05, 4.69) is 53.8 Å². The first kappa shape index (κ1) is 22.2. The first-order chi connectivity index (χ1) is 13.5. The average Bonchev–Trinajstić information content (AvgIpc) is 3.09. The zero-order valence-electron chi connectivity index (χ0n) is 16.7. The van der Waals surface area contributed by atoms with Gasteiger partial charge in [0.15, 0.2) is 4.34 Å². The maximum atomic E-state index is 12.0. The predicted molar refractivity (Wildman–Crippen MR) is 120 cm³/mol. The van der Waals surface area contributed by atoms with Crippen molar-refractivity contribution in [3.63, 3.8) is 0 Å². The molecule has 28 heavy (non-hydrogen) atoms. The number of aromatic nitrogens is 2. The molecule has 0 aliphatic rings. The molecule has 0 atom stereocenters. The molecule has 0 radical (unpaired) electrons. The van der Waals surface area contributed by atoms with Gasteiger partial charge in [-0.25, -0.2) is 4.79 Å². The van der Waals surface area contributed by atoms with Crippen LogP contribution in [0, 0.1) is 0 Å². The standard InChI is InChI=1S/C21H28N4OS2/c1-16(2)8-7-9-17(3)13-15-27-21-25-24-20(28-21)23-19(26)22-14-12-18-10-5-4-6-11-18/h4-6,8,10-11,13H,7,9,12,14-15H2,1-3H3,(H2,22,23,24,26)/b17-13+. The maximum absolute atomic E-state index is 12.0. The molecule has 2 rings (SSSR count). The van der Waals surface area contributed by atoms with Gasteiger partial charge in [-0.1, -0.05) is 76.7 Å². The second-order valence-electron chi connectivity index (χ2n) is 6.67. The van der Waals surface area contributed by atoms with Gasteiger partial charge in [-0.2, -0.15) is 0 Å². The van der Waals surface area contributed by atoms with E-state index < -0.39 is 0 Å². The van der Waals surface area contributed by atoms with Gasteiger partial charge in [0, 0.05) is 12.3 Å². The Labute approximate surface area is 175 Å². The van der Waals surface area contributed by atoms with E-state index in [4.69, 9.17) is 0 Å². The molecule has 2 N–H and O–H groups in total. The summed E-state index contributed by atoms with van der Waals surface area (Å²) in [6.45, 7) is 6.98. The van der Waals surface area contributed by atoms with Crippen LogP contribution in [0.5, 0.6) is 0 Å². The third-order valence-electron chi connectivity index (χ3n) is 3.90. The Bertz CT molecular complexity index is 796. The van der Waals surface area contributed by atoms with E-state index >= 15 is 0 Å². The highest BCUT2D eigenvalue weighted by Gasteiger charge is 2.08. The topological polar surface area (TPSA) is 66.9 Å². The lowest BCUT2D eigenvalue weighted by molar-refractivity contribution is 0.252. The highest BCUT2D eigenvalue weighted by molar-refractivity contribution is 8.01. The van der Waals surface area contributed by atoms with Crippen LogP contribution in [-0.4, -0.2) is 28.5 Å². The van der Waals surface area contributed by atoms with Gasteiger partial charge in [0.1, 0.15) is 0 Å². The molecule has 1 heterocycles. The SMILES string of the molecule is CC(C)=CCC/C(C)=C/CSc1nnc(NC(=O)NCCc2ccccc2)s1. The normalized spacial score (nSPS) is 11.2. The van der Waals surface area contributed by atoms with E-state index in [-0.39, 0.29) is 6.03 Å². The minimum absolute atomic E-state index is 0.251. The summed E-state index contributed by atoms with van der Waals surface area (Å²) in [7, 11) is 0. The van der Waals surface area contributed by atoms with E-state index in [0.717, 1.165) is 29.4 Å². The number of rotatable bonds is 10. The molecule has 0 aliphatic carbocycles. The number of amides is 2. The quantitative estimate of drug-likeness (QED) is 0.297. The highest BCUT2D eigenvalue weighted by atomic mass is 32.2. The van der Waals surface area contributed by atoms with Crippen LogP contribution in [0.2, 0.25) is 0 Å². The van der Waals surface area contributed by atoms with E-state index in [1.807, 2.05) is 30.3 Å². The third-order valence-corrected chi connectivity index (χ3v) is 5.80.